The third kappa shape index (κ3) is 7.13. The Morgan fingerprint density at radius 1 is 1.03 bits per heavy atom. The van der Waals surface area contributed by atoms with Crippen LogP contribution >= 0.6 is 11.6 Å². The zero-order chi connectivity index (χ0) is 27.8. The molecule has 1 heterocycles. The second-order valence-electron chi connectivity index (χ2n) is 9.01. The van der Waals surface area contributed by atoms with E-state index in [4.69, 9.17) is 35.7 Å². The van der Waals surface area contributed by atoms with E-state index in [2.05, 4.69) is 5.32 Å². The van der Waals surface area contributed by atoms with E-state index in [0.717, 1.165) is 33.8 Å². The van der Waals surface area contributed by atoms with Crippen LogP contribution < -0.4 is 24.3 Å². The van der Waals surface area contributed by atoms with Crippen molar-refractivity contribution in [1.29, 1.82) is 0 Å². The standard InChI is InChI=1S/C29H32ClNO8/c1-18-20(4-2-5-22(18)19-6-7-25-28(13-19)38-11-10-37-25)17-39-27-14-26(36-9-3-8-32)21(12-23(27)30)15-31-24(16-33)29(34)35/h2,4-7,12-14,24,31-33H,3,8-11,15-17H2,1H3,(H,34,35). The normalized spacial score (nSPS) is 13.1. The van der Waals surface area contributed by atoms with Crippen LogP contribution in [0.2, 0.25) is 5.02 Å². The fourth-order valence-electron chi connectivity index (χ4n) is 4.19. The number of benzene rings is 3. The minimum absolute atomic E-state index is 0.0326. The molecule has 208 valence electrons. The summed E-state index contributed by atoms with van der Waals surface area (Å²) in [5.74, 6) is 1.14. The van der Waals surface area contributed by atoms with E-state index in [1.807, 2.05) is 43.3 Å². The van der Waals surface area contributed by atoms with Crippen molar-refractivity contribution in [3.63, 3.8) is 0 Å². The maximum atomic E-state index is 11.3. The number of fused-ring (bicyclic) bond motifs is 1. The molecule has 1 unspecified atom stereocenters. The second-order valence-corrected chi connectivity index (χ2v) is 9.41. The average molecular weight is 558 g/mol. The smallest absolute Gasteiger partial charge is 0.323 e. The number of aliphatic hydroxyl groups is 2. The molecule has 39 heavy (non-hydrogen) atoms. The number of hydrogen-bond donors (Lipinski definition) is 4. The van der Waals surface area contributed by atoms with Crippen LogP contribution in [0.5, 0.6) is 23.0 Å². The summed E-state index contributed by atoms with van der Waals surface area (Å²) in [4.78, 5) is 11.3. The molecule has 0 aromatic heterocycles. The van der Waals surface area contributed by atoms with Crippen LogP contribution in [0.25, 0.3) is 11.1 Å². The highest BCUT2D eigenvalue weighted by molar-refractivity contribution is 6.32. The summed E-state index contributed by atoms with van der Waals surface area (Å²) >= 11 is 6.54. The van der Waals surface area contributed by atoms with Gasteiger partial charge in [-0.2, -0.15) is 0 Å². The summed E-state index contributed by atoms with van der Waals surface area (Å²) in [5, 5.41) is 30.7. The number of aliphatic hydroxyl groups excluding tert-OH is 2. The van der Waals surface area contributed by atoms with Crippen molar-refractivity contribution in [3.8, 4) is 34.1 Å². The van der Waals surface area contributed by atoms with Gasteiger partial charge in [-0.3, -0.25) is 10.1 Å². The van der Waals surface area contributed by atoms with Gasteiger partial charge in [0.2, 0.25) is 0 Å². The summed E-state index contributed by atoms with van der Waals surface area (Å²) in [6.45, 7) is 3.11. The van der Waals surface area contributed by atoms with Gasteiger partial charge in [-0.25, -0.2) is 0 Å². The largest absolute Gasteiger partial charge is 0.493 e. The van der Waals surface area contributed by atoms with Crippen molar-refractivity contribution in [3.05, 3.63) is 70.2 Å². The lowest BCUT2D eigenvalue weighted by atomic mass is 9.96. The minimum Gasteiger partial charge on any atom is -0.493 e. The van der Waals surface area contributed by atoms with Gasteiger partial charge in [0.15, 0.2) is 11.5 Å². The molecule has 4 N–H and O–H groups in total. The topological polar surface area (TPSA) is 127 Å². The Kier molecular flexibility index (Phi) is 9.89. The van der Waals surface area contributed by atoms with E-state index in [0.29, 0.717) is 41.7 Å². The lowest BCUT2D eigenvalue weighted by Crippen LogP contribution is -2.39. The van der Waals surface area contributed by atoms with Gasteiger partial charge >= 0.3 is 5.97 Å². The third-order valence-electron chi connectivity index (χ3n) is 6.38. The van der Waals surface area contributed by atoms with E-state index >= 15 is 0 Å². The van der Waals surface area contributed by atoms with Gasteiger partial charge in [0.1, 0.15) is 37.4 Å². The van der Waals surface area contributed by atoms with E-state index in [1.54, 1.807) is 12.1 Å². The number of carboxylic acid groups (broad SMARTS) is 1. The Morgan fingerprint density at radius 3 is 2.56 bits per heavy atom. The van der Waals surface area contributed by atoms with E-state index in [9.17, 15) is 15.0 Å². The summed E-state index contributed by atoms with van der Waals surface area (Å²) < 4.78 is 23.3. The first kappa shape index (κ1) is 28.5. The highest BCUT2D eigenvalue weighted by atomic mass is 35.5. The van der Waals surface area contributed by atoms with Gasteiger partial charge in [-0.1, -0.05) is 35.9 Å². The van der Waals surface area contributed by atoms with E-state index < -0.39 is 18.6 Å². The quantitative estimate of drug-likeness (QED) is 0.231. The van der Waals surface area contributed by atoms with Crippen LogP contribution in [0, 0.1) is 6.92 Å². The minimum atomic E-state index is -1.17. The molecular weight excluding hydrogens is 526 g/mol. The average Bonchev–Trinajstić information content (AvgIpc) is 2.94. The Hall–Kier alpha value is -3.50. The molecule has 0 spiro atoms. The predicted molar refractivity (Wildman–Crippen MR) is 146 cm³/mol. The van der Waals surface area contributed by atoms with Crippen molar-refractivity contribution in [1.82, 2.24) is 5.32 Å². The summed E-state index contributed by atoms with van der Waals surface area (Å²) in [6, 6.07) is 14.1. The Labute approximate surface area is 231 Å². The monoisotopic (exact) mass is 557 g/mol. The number of carbonyl (C=O) groups is 1. The fourth-order valence-corrected chi connectivity index (χ4v) is 4.43. The molecular formula is C29H32ClNO8. The van der Waals surface area contributed by atoms with Gasteiger partial charge in [-0.05, 0) is 47.4 Å². The molecule has 3 aromatic rings. The number of rotatable bonds is 13. The zero-order valence-corrected chi connectivity index (χ0v) is 22.4. The van der Waals surface area contributed by atoms with Crippen molar-refractivity contribution >= 4 is 17.6 Å². The van der Waals surface area contributed by atoms with Gasteiger partial charge in [0.25, 0.3) is 0 Å². The molecule has 1 aliphatic heterocycles. The Morgan fingerprint density at radius 2 is 1.82 bits per heavy atom. The molecule has 4 rings (SSSR count). The van der Waals surface area contributed by atoms with Gasteiger partial charge in [-0.15, -0.1) is 0 Å². The van der Waals surface area contributed by atoms with Crippen molar-refractivity contribution in [2.45, 2.75) is 32.5 Å². The molecule has 3 aromatic carbocycles. The molecule has 0 radical (unpaired) electrons. The molecule has 0 aliphatic carbocycles. The van der Waals surface area contributed by atoms with Gasteiger partial charge < -0.3 is 34.3 Å². The lowest BCUT2D eigenvalue weighted by Gasteiger charge is -2.20. The van der Waals surface area contributed by atoms with E-state index in [-0.39, 0.29) is 26.4 Å². The fraction of sp³-hybridized carbons (Fsp3) is 0.345. The number of aliphatic carboxylic acids is 1. The third-order valence-corrected chi connectivity index (χ3v) is 6.67. The molecule has 0 fully saturated rings. The summed E-state index contributed by atoms with van der Waals surface area (Å²) in [6.07, 6.45) is 0.423. The number of nitrogens with one attached hydrogen (secondary N) is 1. The van der Waals surface area contributed by atoms with E-state index in [1.165, 1.54) is 0 Å². The Balaban J connectivity index is 1.53. The number of hydrogen-bond acceptors (Lipinski definition) is 8. The summed E-state index contributed by atoms with van der Waals surface area (Å²) in [7, 11) is 0. The molecule has 9 nitrogen and oxygen atoms in total. The molecule has 10 heteroatoms. The first-order valence-electron chi connectivity index (χ1n) is 12.7. The molecule has 0 saturated carbocycles. The SMILES string of the molecule is Cc1c(COc2cc(OCCCO)c(CNC(CO)C(=O)O)cc2Cl)cccc1-c1ccc2c(c1)OCCO2. The van der Waals surface area contributed by atoms with Crippen LogP contribution in [0.3, 0.4) is 0 Å². The van der Waals surface area contributed by atoms with Crippen LogP contribution in [0.15, 0.2) is 48.5 Å². The number of carboxylic acids is 1. The summed E-state index contributed by atoms with van der Waals surface area (Å²) in [5.41, 5.74) is 4.68. The first-order chi connectivity index (χ1) is 18.9. The zero-order valence-electron chi connectivity index (χ0n) is 21.6. The number of ether oxygens (including phenoxy) is 4. The van der Waals surface area contributed by atoms with Gasteiger partial charge in [0, 0.05) is 31.2 Å². The predicted octanol–water partition coefficient (Wildman–Crippen LogP) is 3.96. The first-order valence-corrected chi connectivity index (χ1v) is 13.0. The maximum absolute atomic E-state index is 11.3. The highest BCUT2D eigenvalue weighted by Gasteiger charge is 2.19. The maximum Gasteiger partial charge on any atom is 0.323 e. The molecule has 1 atom stereocenters. The molecule has 0 saturated heterocycles. The van der Waals surface area contributed by atoms with Crippen LogP contribution in [0.4, 0.5) is 0 Å². The van der Waals surface area contributed by atoms with Crippen LogP contribution in [-0.4, -0.2) is 60.4 Å². The second kappa shape index (κ2) is 13.5. The molecule has 0 amide bonds. The molecule has 0 bridgehead atoms. The number of halogens is 1. The van der Waals surface area contributed by atoms with Crippen molar-refractivity contribution in [2.24, 2.45) is 0 Å². The molecule has 1 aliphatic rings. The Bertz CT molecular complexity index is 1300. The van der Waals surface area contributed by atoms with Crippen molar-refractivity contribution < 1.29 is 39.1 Å². The van der Waals surface area contributed by atoms with Crippen LogP contribution in [-0.2, 0) is 17.9 Å². The van der Waals surface area contributed by atoms with Crippen molar-refractivity contribution in [2.75, 3.05) is 33.0 Å². The van der Waals surface area contributed by atoms with Crippen LogP contribution in [0.1, 0.15) is 23.1 Å². The lowest BCUT2D eigenvalue weighted by molar-refractivity contribution is -0.140. The highest BCUT2D eigenvalue weighted by Crippen LogP contribution is 2.37. The van der Waals surface area contributed by atoms with Gasteiger partial charge in [0.05, 0.1) is 18.2 Å².